The Morgan fingerprint density at radius 2 is 1.00 bits per heavy atom. The van der Waals surface area contributed by atoms with Crippen LogP contribution in [0.5, 0.6) is 0 Å². The van der Waals surface area contributed by atoms with Crippen LogP contribution in [0, 0.1) is 0 Å². The van der Waals surface area contributed by atoms with Gasteiger partial charge in [0, 0.05) is 22.5 Å². The summed E-state index contributed by atoms with van der Waals surface area (Å²) in [5, 5.41) is 0. The molecule has 0 amide bonds. The number of nitrogens with zero attached hydrogens (tertiary/aromatic N) is 1. The third kappa shape index (κ3) is 4.77. The third-order valence-electron chi connectivity index (χ3n) is 12.1. The van der Waals surface area contributed by atoms with Crippen LogP contribution in [0.25, 0.3) is 27.8 Å². The smallest absolute Gasteiger partial charge is 0.0676 e. The molecule has 254 valence electrons. The lowest BCUT2D eigenvalue weighted by Crippen LogP contribution is -2.30. The van der Waals surface area contributed by atoms with E-state index < -0.39 is 0 Å². The van der Waals surface area contributed by atoms with Crippen LogP contribution in [0.3, 0.4) is 0 Å². The second-order valence-corrected chi connectivity index (χ2v) is 15.2. The van der Waals surface area contributed by atoms with E-state index in [-0.39, 0.29) is 10.8 Å². The lowest BCUT2D eigenvalue weighted by Gasteiger charge is -2.36. The fourth-order valence-corrected chi connectivity index (χ4v) is 9.60. The first-order chi connectivity index (χ1) is 26.0. The molecule has 0 N–H and O–H groups in total. The van der Waals surface area contributed by atoms with Gasteiger partial charge in [-0.3, -0.25) is 0 Å². The Kier molecular flexibility index (Phi) is 7.27. The van der Waals surface area contributed by atoms with Gasteiger partial charge in [-0.25, -0.2) is 0 Å². The van der Waals surface area contributed by atoms with Crippen molar-refractivity contribution in [3.8, 4) is 22.3 Å². The van der Waals surface area contributed by atoms with Gasteiger partial charge in [0.2, 0.25) is 0 Å². The second kappa shape index (κ2) is 12.2. The van der Waals surface area contributed by atoms with Crippen molar-refractivity contribution in [2.75, 3.05) is 4.90 Å². The van der Waals surface area contributed by atoms with Gasteiger partial charge in [-0.1, -0.05) is 166 Å². The van der Waals surface area contributed by atoms with Crippen molar-refractivity contribution in [3.63, 3.8) is 0 Å². The van der Waals surface area contributed by atoms with E-state index in [1.165, 1.54) is 72.5 Å². The predicted molar refractivity (Wildman–Crippen MR) is 222 cm³/mol. The first kappa shape index (κ1) is 31.5. The largest absolute Gasteiger partial charge is 0.310 e. The fourth-order valence-electron chi connectivity index (χ4n) is 9.60. The SMILES string of the molecule is CC1(C)c2ccccc2-c2ccc(N(c3ccccc3)c3ccc(-c4ccc(C5(c6ccccc6)C6=C(C=CCC6)c6ccccc65)cc4)cc3)cc21. The molecule has 10 rings (SSSR count). The van der Waals surface area contributed by atoms with Crippen LogP contribution in [0.2, 0.25) is 0 Å². The van der Waals surface area contributed by atoms with E-state index >= 15 is 0 Å². The number of anilines is 3. The topological polar surface area (TPSA) is 3.24 Å². The average Bonchev–Trinajstić information content (AvgIpc) is 3.65. The highest BCUT2D eigenvalue weighted by Crippen LogP contribution is 2.57. The Morgan fingerprint density at radius 3 is 1.74 bits per heavy atom. The normalized spacial score (nSPS) is 17.5. The molecule has 0 aromatic heterocycles. The minimum absolute atomic E-state index is 0.0637. The highest BCUT2D eigenvalue weighted by Gasteiger charge is 2.47. The quantitative estimate of drug-likeness (QED) is 0.169. The van der Waals surface area contributed by atoms with E-state index in [1.807, 2.05) is 0 Å². The third-order valence-corrected chi connectivity index (χ3v) is 12.1. The van der Waals surface area contributed by atoms with Crippen LogP contribution in [0.4, 0.5) is 17.1 Å². The molecule has 7 aromatic carbocycles. The summed E-state index contributed by atoms with van der Waals surface area (Å²) < 4.78 is 0. The van der Waals surface area contributed by atoms with Gasteiger partial charge in [0.05, 0.1) is 5.41 Å². The number of rotatable bonds is 6. The summed E-state index contributed by atoms with van der Waals surface area (Å²) >= 11 is 0. The van der Waals surface area contributed by atoms with Crippen molar-refractivity contribution < 1.29 is 0 Å². The van der Waals surface area contributed by atoms with Crippen molar-refractivity contribution in [2.24, 2.45) is 0 Å². The number of para-hydroxylation sites is 1. The molecule has 0 radical (unpaired) electrons. The Labute approximate surface area is 313 Å². The Balaban J connectivity index is 1.03. The van der Waals surface area contributed by atoms with Crippen LogP contribution in [-0.4, -0.2) is 0 Å². The Morgan fingerprint density at radius 1 is 0.453 bits per heavy atom. The van der Waals surface area contributed by atoms with Gasteiger partial charge >= 0.3 is 0 Å². The summed E-state index contributed by atoms with van der Waals surface area (Å²) in [6, 6.07) is 65.3. The van der Waals surface area contributed by atoms with Crippen molar-refractivity contribution >= 4 is 22.6 Å². The molecule has 0 spiro atoms. The molecule has 1 unspecified atom stereocenters. The summed E-state index contributed by atoms with van der Waals surface area (Å²) in [4.78, 5) is 2.39. The standard InChI is InChI=1S/C52H41N/c1-51(2)47-22-12-9-19-43(47)46-34-33-42(35-50(46)51)53(40-17-7-4-8-18-40)41-31-27-37(28-32-41)36-25-29-39(30-26-36)52(38-15-5-3-6-16-38)48-23-13-10-20-44(48)45-21-11-14-24-49(45)52/h3-13,15-23,25-35H,14,24H2,1-2H3. The van der Waals surface area contributed by atoms with Gasteiger partial charge in [-0.15, -0.1) is 0 Å². The van der Waals surface area contributed by atoms with Crippen molar-refractivity contribution in [2.45, 2.75) is 37.5 Å². The molecule has 7 aromatic rings. The molecule has 1 heteroatoms. The van der Waals surface area contributed by atoms with Crippen molar-refractivity contribution in [1.29, 1.82) is 0 Å². The van der Waals surface area contributed by atoms with E-state index in [2.05, 4.69) is 207 Å². The van der Waals surface area contributed by atoms with Gasteiger partial charge in [0.1, 0.15) is 0 Å². The average molecular weight is 680 g/mol. The molecule has 0 saturated carbocycles. The fraction of sp³-hybridized carbons (Fsp3) is 0.115. The Bertz CT molecular complexity index is 2550. The minimum Gasteiger partial charge on any atom is -0.310 e. The lowest BCUT2D eigenvalue weighted by atomic mass is 9.65. The summed E-state index contributed by atoms with van der Waals surface area (Å²) in [7, 11) is 0. The van der Waals surface area contributed by atoms with Crippen molar-refractivity contribution in [1.82, 2.24) is 0 Å². The molecule has 0 fully saturated rings. The van der Waals surface area contributed by atoms with E-state index in [4.69, 9.17) is 0 Å². The zero-order valence-corrected chi connectivity index (χ0v) is 30.3. The molecule has 1 atom stereocenters. The van der Waals surface area contributed by atoms with Gasteiger partial charge < -0.3 is 4.90 Å². The summed E-state index contributed by atoms with van der Waals surface area (Å²) in [5.41, 5.74) is 19.3. The van der Waals surface area contributed by atoms with Crippen molar-refractivity contribution in [3.05, 3.63) is 227 Å². The molecule has 53 heavy (non-hydrogen) atoms. The Hall–Kier alpha value is -6.18. The number of fused-ring (bicyclic) bond motifs is 5. The van der Waals surface area contributed by atoms with E-state index in [0.29, 0.717) is 0 Å². The van der Waals surface area contributed by atoms with Crippen LogP contribution in [0.15, 0.2) is 194 Å². The molecular weight excluding hydrogens is 639 g/mol. The maximum Gasteiger partial charge on any atom is 0.0676 e. The number of benzene rings is 7. The highest BCUT2D eigenvalue weighted by atomic mass is 15.1. The first-order valence-corrected chi connectivity index (χ1v) is 18.9. The maximum absolute atomic E-state index is 2.40. The number of hydrogen-bond donors (Lipinski definition) is 0. The van der Waals surface area contributed by atoms with Crippen LogP contribution in [-0.2, 0) is 10.8 Å². The highest BCUT2D eigenvalue weighted by molar-refractivity contribution is 5.91. The zero-order chi connectivity index (χ0) is 35.6. The van der Waals surface area contributed by atoms with Gasteiger partial charge in [0.15, 0.2) is 0 Å². The molecule has 0 saturated heterocycles. The summed E-state index contributed by atoms with van der Waals surface area (Å²) in [6.45, 7) is 4.70. The lowest BCUT2D eigenvalue weighted by molar-refractivity contribution is 0.660. The summed E-state index contributed by atoms with van der Waals surface area (Å²) in [6.07, 6.45) is 6.83. The zero-order valence-electron chi connectivity index (χ0n) is 30.3. The van der Waals surface area contributed by atoms with Gasteiger partial charge in [-0.2, -0.15) is 0 Å². The molecule has 3 aliphatic carbocycles. The molecular formula is C52H41N. The molecule has 0 aliphatic heterocycles. The van der Waals surface area contributed by atoms with Gasteiger partial charge in [-0.05, 0) is 116 Å². The minimum atomic E-state index is -0.303. The van der Waals surface area contributed by atoms with E-state index in [0.717, 1.165) is 24.2 Å². The van der Waals surface area contributed by atoms with Crippen LogP contribution in [0.1, 0.15) is 60.1 Å². The van der Waals surface area contributed by atoms with Crippen LogP contribution < -0.4 is 4.90 Å². The van der Waals surface area contributed by atoms with Gasteiger partial charge in [0.25, 0.3) is 0 Å². The number of allylic oxidation sites excluding steroid dienone is 4. The monoisotopic (exact) mass is 679 g/mol. The molecule has 3 aliphatic rings. The first-order valence-electron chi connectivity index (χ1n) is 18.9. The second-order valence-electron chi connectivity index (χ2n) is 15.2. The van der Waals surface area contributed by atoms with E-state index in [9.17, 15) is 0 Å². The molecule has 0 heterocycles. The molecule has 1 nitrogen and oxygen atoms in total. The molecule has 0 bridgehead atoms. The predicted octanol–water partition coefficient (Wildman–Crippen LogP) is 13.6. The van der Waals surface area contributed by atoms with E-state index in [1.54, 1.807) is 0 Å². The number of hydrogen-bond acceptors (Lipinski definition) is 1. The summed E-state index contributed by atoms with van der Waals surface area (Å²) in [5.74, 6) is 0. The van der Waals surface area contributed by atoms with Crippen LogP contribution >= 0.6 is 0 Å². The maximum atomic E-state index is 2.40.